The van der Waals surface area contributed by atoms with Crippen LogP contribution in [0.25, 0.3) is 11.1 Å². The lowest BCUT2D eigenvalue weighted by molar-refractivity contribution is -0.125. The molecule has 0 aliphatic carbocycles. The van der Waals surface area contributed by atoms with Gasteiger partial charge in [0.2, 0.25) is 5.91 Å². The third kappa shape index (κ3) is 3.99. The van der Waals surface area contributed by atoms with Crippen LogP contribution in [0.5, 0.6) is 0 Å². The molecule has 136 valence electrons. The Bertz CT molecular complexity index is 792. The van der Waals surface area contributed by atoms with Crippen LogP contribution in [0.2, 0.25) is 5.02 Å². The number of rotatable bonds is 4. The molecule has 2 aromatic carbocycles. The number of methoxy groups -OCH3 is 1. The van der Waals surface area contributed by atoms with E-state index in [1.54, 1.807) is 0 Å². The van der Waals surface area contributed by atoms with E-state index in [1.165, 1.54) is 12.0 Å². The fraction of sp³-hybridized carbons (Fsp3) is 0.300. The minimum Gasteiger partial charge on any atom is -0.453 e. The first kappa shape index (κ1) is 18.3. The predicted octanol–water partition coefficient (Wildman–Crippen LogP) is 3.85. The molecule has 1 aliphatic rings. The largest absolute Gasteiger partial charge is 0.453 e. The minimum absolute atomic E-state index is 0.154. The SMILES string of the molecule is COC(=O)N1CCCC1C(=O)NCc1ccccc1-c1ccc(Cl)cc1. The number of likely N-dealkylation sites (tertiary alicyclic amines) is 1. The highest BCUT2D eigenvalue weighted by atomic mass is 35.5. The Labute approximate surface area is 157 Å². The van der Waals surface area contributed by atoms with E-state index in [0.717, 1.165) is 23.1 Å². The molecule has 1 heterocycles. The molecule has 0 aromatic heterocycles. The van der Waals surface area contributed by atoms with Crippen molar-refractivity contribution in [2.45, 2.75) is 25.4 Å². The number of halogens is 1. The summed E-state index contributed by atoms with van der Waals surface area (Å²) >= 11 is 5.97. The van der Waals surface area contributed by atoms with Crippen LogP contribution in [-0.2, 0) is 16.1 Å². The van der Waals surface area contributed by atoms with E-state index in [2.05, 4.69) is 5.32 Å². The van der Waals surface area contributed by atoms with Crippen molar-refractivity contribution in [2.24, 2.45) is 0 Å². The van der Waals surface area contributed by atoms with Gasteiger partial charge in [-0.2, -0.15) is 0 Å². The number of nitrogens with one attached hydrogen (secondary N) is 1. The fourth-order valence-corrected chi connectivity index (χ4v) is 3.39. The van der Waals surface area contributed by atoms with Crippen molar-refractivity contribution in [3.05, 3.63) is 59.1 Å². The van der Waals surface area contributed by atoms with Gasteiger partial charge in [0.15, 0.2) is 0 Å². The summed E-state index contributed by atoms with van der Waals surface area (Å²) in [6.07, 6.45) is 0.998. The third-order valence-corrected chi connectivity index (χ3v) is 4.84. The van der Waals surface area contributed by atoms with Crippen molar-refractivity contribution < 1.29 is 14.3 Å². The van der Waals surface area contributed by atoms with Gasteiger partial charge >= 0.3 is 6.09 Å². The summed E-state index contributed by atoms with van der Waals surface area (Å²) in [5.41, 5.74) is 3.09. The maximum absolute atomic E-state index is 12.6. The maximum Gasteiger partial charge on any atom is 0.410 e. The van der Waals surface area contributed by atoms with Crippen molar-refractivity contribution in [3.63, 3.8) is 0 Å². The smallest absolute Gasteiger partial charge is 0.410 e. The van der Waals surface area contributed by atoms with Crippen LogP contribution >= 0.6 is 11.6 Å². The summed E-state index contributed by atoms with van der Waals surface area (Å²) in [6.45, 7) is 0.940. The number of nitrogens with zero attached hydrogens (tertiary/aromatic N) is 1. The predicted molar refractivity (Wildman–Crippen MR) is 101 cm³/mol. The summed E-state index contributed by atoms with van der Waals surface area (Å²) < 4.78 is 4.76. The first-order valence-corrected chi connectivity index (χ1v) is 8.94. The lowest BCUT2D eigenvalue weighted by atomic mass is 9.99. The lowest BCUT2D eigenvalue weighted by Crippen LogP contribution is -2.45. The Balaban J connectivity index is 1.71. The average Bonchev–Trinajstić information content (AvgIpc) is 3.16. The van der Waals surface area contributed by atoms with Crippen molar-refractivity contribution >= 4 is 23.6 Å². The van der Waals surface area contributed by atoms with Gasteiger partial charge in [-0.05, 0) is 41.7 Å². The molecule has 5 nitrogen and oxygen atoms in total. The zero-order chi connectivity index (χ0) is 18.5. The third-order valence-electron chi connectivity index (χ3n) is 4.59. The number of hydrogen-bond acceptors (Lipinski definition) is 3. The molecule has 0 spiro atoms. The average molecular weight is 373 g/mol. The van der Waals surface area contributed by atoms with Gasteiger partial charge in [0.05, 0.1) is 7.11 Å². The van der Waals surface area contributed by atoms with Gasteiger partial charge in [0.25, 0.3) is 0 Å². The van der Waals surface area contributed by atoms with Crippen LogP contribution in [0.4, 0.5) is 4.79 Å². The molecule has 0 radical (unpaired) electrons. The van der Waals surface area contributed by atoms with E-state index in [4.69, 9.17) is 16.3 Å². The maximum atomic E-state index is 12.6. The molecule has 2 aromatic rings. The molecular formula is C20H21ClN2O3. The standard InChI is InChI=1S/C20H21ClN2O3/c1-26-20(25)23-12-4-7-18(23)19(24)22-13-15-5-2-3-6-17(15)14-8-10-16(21)11-9-14/h2-3,5-6,8-11,18H,4,7,12-13H2,1H3,(H,22,24). The topological polar surface area (TPSA) is 58.6 Å². The van der Waals surface area contributed by atoms with Crippen molar-refractivity contribution in [3.8, 4) is 11.1 Å². The van der Waals surface area contributed by atoms with Crippen LogP contribution in [-0.4, -0.2) is 36.6 Å². The van der Waals surface area contributed by atoms with E-state index < -0.39 is 12.1 Å². The number of amides is 2. The molecule has 1 aliphatic heterocycles. The molecule has 6 heteroatoms. The number of hydrogen-bond donors (Lipinski definition) is 1. The Morgan fingerprint density at radius 1 is 1.19 bits per heavy atom. The number of carbonyl (C=O) groups excluding carboxylic acids is 2. The molecular weight excluding hydrogens is 352 g/mol. The highest BCUT2D eigenvalue weighted by molar-refractivity contribution is 6.30. The Morgan fingerprint density at radius 3 is 2.65 bits per heavy atom. The van der Waals surface area contributed by atoms with Gasteiger partial charge in [-0.25, -0.2) is 4.79 Å². The van der Waals surface area contributed by atoms with E-state index in [-0.39, 0.29) is 5.91 Å². The Kier molecular flexibility index (Phi) is 5.78. The first-order chi connectivity index (χ1) is 12.6. The van der Waals surface area contributed by atoms with Crippen molar-refractivity contribution in [1.82, 2.24) is 10.2 Å². The highest BCUT2D eigenvalue weighted by Crippen LogP contribution is 2.25. The zero-order valence-electron chi connectivity index (χ0n) is 14.6. The first-order valence-electron chi connectivity index (χ1n) is 8.56. The Hall–Kier alpha value is -2.53. The number of carbonyl (C=O) groups is 2. The fourth-order valence-electron chi connectivity index (χ4n) is 3.26. The lowest BCUT2D eigenvalue weighted by Gasteiger charge is -2.22. The zero-order valence-corrected chi connectivity index (χ0v) is 15.3. The van der Waals surface area contributed by atoms with Crippen molar-refractivity contribution in [2.75, 3.05) is 13.7 Å². The number of ether oxygens (including phenoxy) is 1. The summed E-state index contributed by atoms with van der Waals surface area (Å²) in [5, 5.41) is 3.64. The molecule has 3 rings (SSSR count). The Morgan fingerprint density at radius 2 is 1.92 bits per heavy atom. The van der Waals surface area contributed by atoms with E-state index >= 15 is 0 Å². The molecule has 0 bridgehead atoms. The van der Waals surface area contributed by atoms with Crippen LogP contribution in [0.1, 0.15) is 18.4 Å². The van der Waals surface area contributed by atoms with E-state index in [0.29, 0.717) is 24.5 Å². The second-order valence-electron chi connectivity index (χ2n) is 6.20. The molecule has 1 fully saturated rings. The van der Waals surface area contributed by atoms with Gasteiger partial charge in [0.1, 0.15) is 6.04 Å². The minimum atomic E-state index is -0.467. The van der Waals surface area contributed by atoms with Gasteiger partial charge in [-0.15, -0.1) is 0 Å². The van der Waals surface area contributed by atoms with E-state index in [9.17, 15) is 9.59 Å². The van der Waals surface area contributed by atoms with Gasteiger partial charge in [-0.1, -0.05) is 48.0 Å². The number of benzene rings is 2. The van der Waals surface area contributed by atoms with E-state index in [1.807, 2.05) is 48.5 Å². The summed E-state index contributed by atoms with van der Waals surface area (Å²) in [4.78, 5) is 25.8. The monoisotopic (exact) mass is 372 g/mol. The molecule has 1 unspecified atom stereocenters. The summed E-state index contributed by atoms with van der Waals surface area (Å²) in [7, 11) is 1.33. The molecule has 1 N–H and O–H groups in total. The van der Waals surface area contributed by atoms with Crippen LogP contribution < -0.4 is 5.32 Å². The molecule has 0 saturated carbocycles. The second-order valence-corrected chi connectivity index (χ2v) is 6.64. The molecule has 1 saturated heterocycles. The van der Waals surface area contributed by atoms with Crippen molar-refractivity contribution in [1.29, 1.82) is 0 Å². The van der Waals surface area contributed by atoms with Crippen LogP contribution in [0, 0.1) is 0 Å². The van der Waals surface area contributed by atoms with Gasteiger partial charge in [-0.3, -0.25) is 9.69 Å². The molecule has 1 atom stereocenters. The molecule has 2 amide bonds. The quantitative estimate of drug-likeness (QED) is 0.886. The second kappa shape index (κ2) is 8.23. The van der Waals surface area contributed by atoms with Crippen LogP contribution in [0.15, 0.2) is 48.5 Å². The highest BCUT2D eigenvalue weighted by Gasteiger charge is 2.34. The van der Waals surface area contributed by atoms with Gasteiger partial charge < -0.3 is 10.1 Å². The summed E-state index contributed by atoms with van der Waals surface area (Å²) in [5.74, 6) is -0.154. The normalized spacial score (nSPS) is 16.4. The van der Waals surface area contributed by atoms with Gasteiger partial charge in [0, 0.05) is 18.1 Å². The summed E-state index contributed by atoms with van der Waals surface area (Å²) in [6, 6.07) is 15.0. The van der Waals surface area contributed by atoms with Crippen LogP contribution in [0.3, 0.4) is 0 Å². The molecule has 26 heavy (non-hydrogen) atoms.